The average Bonchev–Trinajstić information content (AvgIpc) is 2.78. The summed E-state index contributed by atoms with van der Waals surface area (Å²) < 4.78 is 12.5. The van der Waals surface area contributed by atoms with Gasteiger partial charge in [0.1, 0.15) is 16.7 Å². The number of aryl methyl sites for hydroxylation is 1. The molecule has 1 N–H and O–H groups in total. The van der Waals surface area contributed by atoms with Crippen LogP contribution >= 0.6 is 11.6 Å². The molecule has 4 aromatic rings. The predicted octanol–water partition coefficient (Wildman–Crippen LogP) is 5.50. The van der Waals surface area contributed by atoms with Crippen molar-refractivity contribution in [1.29, 1.82) is 0 Å². The van der Waals surface area contributed by atoms with E-state index in [1.165, 1.54) is 0 Å². The van der Waals surface area contributed by atoms with Crippen LogP contribution in [0.25, 0.3) is 22.0 Å². The number of nitrogens with one attached hydrogen (secondary N) is 1. The molecule has 31 heavy (non-hydrogen) atoms. The first-order valence-electron chi connectivity index (χ1n) is 9.82. The monoisotopic (exact) mass is 435 g/mol. The van der Waals surface area contributed by atoms with E-state index in [1.807, 2.05) is 49.4 Å². The fraction of sp³-hybridized carbons (Fsp3) is 0.167. The van der Waals surface area contributed by atoms with Crippen LogP contribution in [-0.4, -0.2) is 23.8 Å². The molecule has 2 aromatic heterocycles. The van der Waals surface area contributed by atoms with Crippen molar-refractivity contribution in [2.75, 3.05) is 19.5 Å². The third kappa shape index (κ3) is 4.20. The highest BCUT2D eigenvalue weighted by molar-refractivity contribution is 6.29. The van der Waals surface area contributed by atoms with E-state index in [1.54, 1.807) is 37.1 Å². The second-order valence-corrected chi connectivity index (χ2v) is 7.36. The largest absolute Gasteiger partial charge is 0.497 e. The minimum absolute atomic E-state index is 0.0746. The molecule has 7 heteroatoms. The lowest BCUT2D eigenvalue weighted by Gasteiger charge is -2.15. The second kappa shape index (κ2) is 8.70. The van der Waals surface area contributed by atoms with Crippen LogP contribution in [0.1, 0.15) is 6.92 Å². The molecule has 0 aliphatic rings. The van der Waals surface area contributed by atoms with Crippen molar-refractivity contribution in [3.8, 4) is 22.6 Å². The molecule has 2 heterocycles. The van der Waals surface area contributed by atoms with Crippen molar-refractivity contribution >= 4 is 33.9 Å². The van der Waals surface area contributed by atoms with Gasteiger partial charge in [0.2, 0.25) is 0 Å². The van der Waals surface area contributed by atoms with Crippen LogP contribution < -0.4 is 20.3 Å². The molecule has 0 aliphatic heterocycles. The highest BCUT2D eigenvalue weighted by atomic mass is 35.5. The summed E-state index contributed by atoms with van der Waals surface area (Å²) >= 11 is 5.98. The molecule has 0 saturated carbocycles. The molecule has 0 unspecified atom stereocenters. The van der Waals surface area contributed by atoms with Crippen molar-refractivity contribution < 1.29 is 9.47 Å². The number of fused-ring (bicyclic) bond motifs is 1. The molecular weight excluding hydrogens is 414 g/mol. The summed E-state index contributed by atoms with van der Waals surface area (Å²) in [5, 5.41) is 4.68. The molecule has 0 amide bonds. The van der Waals surface area contributed by atoms with Crippen molar-refractivity contribution in [3.05, 3.63) is 76.3 Å². The molecule has 6 nitrogen and oxygen atoms in total. The molecule has 4 rings (SSSR count). The van der Waals surface area contributed by atoms with Crippen LogP contribution in [0, 0.1) is 0 Å². The van der Waals surface area contributed by atoms with Crippen LogP contribution in [0.15, 0.2) is 65.6 Å². The normalized spacial score (nSPS) is 10.8. The maximum absolute atomic E-state index is 13.4. The van der Waals surface area contributed by atoms with Crippen LogP contribution in [0.3, 0.4) is 0 Å². The van der Waals surface area contributed by atoms with Gasteiger partial charge in [-0.1, -0.05) is 17.7 Å². The fourth-order valence-corrected chi connectivity index (χ4v) is 3.75. The number of benzene rings is 2. The third-order valence-corrected chi connectivity index (χ3v) is 5.30. The van der Waals surface area contributed by atoms with Crippen LogP contribution in [0.2, 0.25) is 5.15 Å². The molecule has 0 fully saturated rings. The van der Waals surface area contributed by atoms with E-state index in [-0.39, 0.29) is 5.56 Å². The highest BCUT2D eigenvalue weighted by Gasteiger charge is 2.13. The van der Waals surface area contributed by atoms with Gasteiger partial charge in [-0.05, 0) is 60.3 Å². The van der Waals surface area contributed by atoms with E-state index in [0.29, 0.717) is 28.8 Å². The van der Waals surface area contributed by atoms with Crippen molar-refractivity contribution in [3.63, 3.8) is 0 Å². The summed E-state index contributed by atoms with van der Waals surface area (Å²) in [6.07, 6.45) is 1.64. The smallest absolute Gasteiger partial charge is 0.258 e. The van der Waals surface area contributed by atoms with Crippen LogP contribution in [0.5, 0.6) is 11.5 Å². The number of anilines is 2. The van der Waals surface area contributed by atoms with E-state index in [9.17, 15) is 4.79 Å². The zero-order valence-electron chi connectivity index (χ0n) is 17.5. The molecular formula is C24H22ClN3O3. The molecule has 0 atom stereocenters. The summed E-state index contributed by atoms with van der Waals surface area (Å²) in [5.74, 6) is 1.26. The van der Waals surface area contributed by atoms with Gasteiger partial charge in [-0.25, -0.2) is 4.98 Å². The molecule has 0 aliphatic carbocycles. The number of pyridine rings is 2. The van der Waals surface area contributed by atoms with Gasteiger partial charge in [-0.3, -0.25) is 4.79 Å². The number of rotatable bonds is 6. The Labute approximate surface area is 185 Å². The van der Waals surface area contributed by atoms with Gasteiger partial charge in [0.25, 0.3) is 5.56 Å². The van der Waals surface area contributed by atoms with Gasteiger partial charge in [0.15, 0.2) is 0 Å². The fourth-order valence-electron chi connectivity index (χ4n) is 3.58. The summed E-state index contributed by atoms with van der Waals surface area (Å²) in [6.45, 7) is 2.49. The van der Waals surface area contributed by atoms with E-state index in [0.717, 1.165) is 27.8 Å². The lowest BCUT2D eigenvalue weighted by Crippen LogP contribution is -2.21. The lowest BCUT2D eigenvalue weighted by atomic mass is 10.0. The number of aromatic nitrogens is 2. The van der Waals surface area contributed by atoms with Crippen LogP contribution in [-0.2, 0) is 6.54 Å². The Morgan fingerprint density at radius 1 is 0.968 bits per heavy atom. The van der Waals surface area contributed by atoms with Gasteiger partial charge in [0, 0.05) is 35.7 Å². The standard InChI is InChI=1S/C24H22ClN3O3/c1-4-28-22-12-17(27-18-7-8-26-23(25)13-18)6-5-15(22)11-21(24(28)29)16-9-19(30-2)14-20(10-16)31-3/h5-14H,4H2,1-3H3,(H,26,27). The predicted molar refractivity (Wildman–Crippen MR) is 125 cm³/mol. The molecule has 0 radical (unpaired) electrons. The summed E-state index contributed by atoms with van der Waals surface area (Å²) in [7, 11) is 3.18. The Morgan fingerprint density at radius 2 is 1.68 bits per heavy atom. The zero-order valence-corrected chi connectivity index (χ0v) is 18.2. The Balaban J connectivity index is 1.84. The van der Waals surface area contributed by atoms with Crippen molar-refractivity contribution in [1.82, 2.24) is 9.55 Å². The molecule has 158 valence electrons. The van der Waals surface area contributed by atoms with Crippen LogP contribution in [0.4, 0.5) is 11.4 Å². The Hall–Kier alpha value is -3.51. The first-order chi connectivity index (χ1) is 15.0. The Bertz CT molecular complexity index is 1300. The van der Waals surface area contributed by atoms with E-state index < -0.39 is 0 Å². The quantitative estimate of drug-likeness (QED) is 0.405. The number of halogens is 1. The van der Waals surface area contributed by atoms with Gasteiger partial charge >= 0.3 is 0 Å². The van der Waals surface area contributed by atoms with Gasteiger partial charge in [-0.15, -0.1) is 0 Å². The summed E-state index contributed by atoms with van der Waals surface area (Å²) in [5.41, 5.74) is 3.79. The Morgan fingerprint density at radius 3 is 2.32 bits per heavy atom. The number of nitrogens with zero attached hydrogens (tertiary/aromatic N) is 2. The van der Waals surface area contributed by atoms with Gasteiger partial charge in [-0.2, -0.15) is 0 Å². The van der Waals surface area contributed by atoms with E-state index in [2.05, 4.69) is 10.3 Å². The average molecular weight is 436 g/mol. The number of ether oxygens (including phenoxy) is 2. The SMILES string of the molecule is CCn1c(=O)c(-c2cc(OC)cc(OC)c2)cc2ccc(Nc3ccnc(Cl)c3)cc21. The summed E-state index contributed by atoms with van der Waals surface area (Å²) in [4.78, 5) is 17.4. The molecule has 2 aromatic carbocycles. The zero-order chi connectivity index (χ0) is 22.0. The molecule has 0 bridgehead atoms. The van der Waals surface area contributed by atoms with Crippen molar-refractivity contribution in [2.45, 2.75) is 13.5 Å². The number of hydrogen-bond acceptors (Lipinski definition) is 5. The van der Waals surface area contributed by atoms with E-state index in [4.69, 9.17) is 21.1 Å². The minimum Gasteiger partial charge on any atom is -0.497 e. The number of hydrogen-bond donors (Lipinski definition) is 1. The first-order valence-corrected chi connectivity index (χ1v) is 10.2. The van der Waals surface area contributed by atoms with Gasteiger partial charge < -0.3 is 19.4 Å². The number of methoxy groups -OCH3 is 2. The lowest BCUT2D eigenvalue weighted by molar-refractivity contribution is 0.394. The molecule has 0 spiro atoms. The topological polar surface area (TPSA) is 65.4 Å². The maximum atomic E-state index is 13.4. The van der Waals surface area contributed by atoms with Gasteiger partial charge in [0.05, 0.1) is 19.7 Å². The van der Waals surface area contributed by atoms with Crippen molar-refractivity contribution in [2.24, 2.45) is 0 Å². The second-order valence-electron chi connectivity index (χ2n) is 6.97. The maximum Gasteiger partial charge on any atom is 0.258 e. The Kier molecular flexibility index (Phi) is 5.82. The summed E-state index contributed by atoms with van der Waals surface area (Å²) in [6, 6.07) is 16.9. The highest BCUT2D eigenvalue weighted by Crippen LogP contribution is 2.30. The molecule has 0 saturated heterocycles. The first kappa shape index (κ1) is 20.8. The third-order valence-electron chi connectivity index (χ3n) is 5.09. The minimum atomic E-state index is -0.0746. The van der Waals surface area contributed by atoms with E-state index >= 15 is 0 Å².